The van der Waals surface area contributed by atoms with Gasteiger partial charge in [-0.3, -0.25) is 4.79 Å². The highest BCUT2D eigenvalue weighted by molar-refractivity contribution is 5.91. The van der Waals surface area contributed by atoms with E-state index in [1.807, 2.05) is 55.5 Å². The van der Waals surface area contributed by atoms with E-state index in [2.05, 4.69) is 22.4 Å². The van der Waals surface area contributed by atoms with Crippen molar-refractivity contribution in [3.05, 3.63) is 65.5 Å². The Morgan fingerprint density at radius 2 is 1.84 bits per heavy atom. The second-order valence-electron chi connectivity index (χ2n) is 5.93. The van der Waals surface area contributed by atoms with Gasteiger partial charge in [-0.1, -0.05) is 42.8 Å². The molecule has 0 atom stereocenters. The van der Waals surface area contributed by atoms with Crippen molar-refractivity contribution in [2.75, 3.05) is 5.32 Å². The van der Waals surface area contributed by atoms with Crippen molar-refractivity contribution >= 4 is 11.6 Å². The molecule has 5 nitrogen and oxygen atoms in total. The topological polar surface area (TPSA) is 68.0 Å². The standard InChI is InChI=1S/C20H21N3O2/c1-3-15-6-4-5-7-17(15)21-18(24)12-13-19-22-23-20(25-19)16-10-8-14(2)9-11-16/h4-11H,3,12-13H2,1-2H3,(H,21,24). The van der Waals surface area contributed by atoms with Gasteiger partial charge >= 0.3 is 0 Å². The molecule has 0 aliphatic carbocycles. The Labute approximate surface area is 147 Å². The molecule has 0 aliphatic heterocycles. The Hall–Kier alpha value is -2.95. The molecule has 3 aromatic rings. The van der Waals surface area contributed by atoms with Gasteiger partial charge < -0.3 is 9.73 Å². The number of benzene rings is 2. The third-order valence-corrected chi connectivity index (χ3v) is 4.00. The summed E-state index contributed by atoms with van der Waals surface area (Å²) < 4.78 is 5.65. The van der Waals surface area contributed by atoms with Crippen molar-refractivity contribution in [1.29, 1.82) is 0 Å². The van der Waals surface area contributed by atoms with Gasteiger partial charge in [0.25, 0.3) is 0 Å². The first-order chi connectivity index (χ1) is 12.2. The summed E-state index contributed by atoms with van der Waals surface area (Å²) in [5.41, 5.74) is 4.04. The zero-order valence-corrected chi connectivity index (χ0v) is 14.5. The highest BCUT2D eigenvalue weighted by Gasteiger charge is 2.11. The molecule has 0 spiro atoms. The molecule has 0 saturated heterocycles. The van der Waals surface area contributed by atoms with E-state index in [4.69, 9.17) is 4.42 Å². The minimum absolute atomic E-state index is 0.0593. The van der Waals surface area contributed by atoms with Gasteiger partial charge in [-0.2, -0.15) is 0 Å². The first kappa shape index (κ1) is 16.9. The molecule has 0 saturated carbocycles. The second-order valence-corrected chi connectivity index (χ2v) is 5.93. The Bertz CT molecular complexity index is 853. The molecule has 0 bridgehead atoms. The molecule has 1 aromatic heterocycles. The number of carbonyl (C=O) groups is 1. The van der Waals surface area contributed by atoms with Gasteiger partial charge in [0.2, 0.25) is 17.7 Å². The van der Waals surface area contributed by atoms with E-state index in [0.717, 1.165) is 23.2 Å². The van der Waals surface area contributed by atoms with E-state index in [9.17, 15) is 4.79 Å². The van der Waals surface area contributed by atoms with Crippen molar-refractivity contribution in [1.82, 2.24) is 10.2 Å². The van der Waals surface area contributed by atoms with E-state index >= 15 is 0 Å². The molecule has 0 aliphatic rings. The predicted octanol–water partition coefficient (Wildman–Crippen LogP) is 4.18. The summed E-state index contributed by atoms with van der Waals surface area (Å²) >= 11 is 0. The van der Waals surface area contributed by atoms with E-state index in [-0.39, 0.29) is 5.91 Å². The van der Waals surface area contributed by atoms with Crippen LogP contribution in [0.3, 0.4) is 0 Å². The summed E-state index contributed by atoms with van der Waals surface area (Å²) in [5, 5.41) is 11.0. The van der Waals surface area contributed by atoms with Crippen LogP contribution in [0.15, 0.2) is 52.9 Å². The van der Waals surface area contributed by atoms with Gasteiger partial charge in [-0.25, -0.2) is 0 Å². The van der Waals surface area contributed by atoms with Crippen molar-refractivity contribution in [3.8, 4) is 11.5 Å². The molecule has 1 N–H and O–H groups in total. The van der Waals surface area contributed by atoms with E-state index in [1.54, 1.807) is 0 Å². The number of carbonyl (C=O) groups excluding carboxylic acids is 1. The maximum atomic E-state index is 12.2. The Balaban J connectivity index is 1.58. The third kappa shape index (κ3) is 4.32. The highest BCUT2D eigenvalue weighted by Crippen LogP contribution is 2.19. The lowest BCUT2D eigenvalue weighted by molar-refractivity contribution is -0.116. The van der Waals surface area contributed by atoms with Crippen LogP contribution in [0, 0.1) is 6.92 Å². The molecule has 0 fully saturated rings. The predicted molar refractivity (Wildman–Crippen MR) is 97.2 cm³/mol. The van der Waals surface area contributed by atoms with Gasteiger partial charge in [0.05, 0.1) is 0 Å². The molecule has 1 amide bonds. The number of anilines is 1. The summed E-state index contributed by atoms with van der Waals surface area (Å²) in [7, 11) is 0. The first-order valence-electron chi connectivity index (χ1n) is 8.43. The fourth-order valence-corrected chi connectivity index (χ4v) is 2.55. The normalized spacial score (nSPS) is 10.6. The van der Waals surface area contributed by atoms with Gasteiger partial charge in [-0.15, -0.1) is 10.2 Å². The zero-order chi connectivity index (χ0) is 17.6. The second kappa shape index (κ2) is 7.75. The average Bonchev–Trinajstić information content (AvgIpc) is 3.10. The van der Waals surface area contributed by atoms with Gasteiger partial charge in [-0.05, 0) is 37.1 Å². The van der Waals surface area contributed by atoms with E-state index in [1.165, 1.54) is 5.56 Å². The molecular formula is C20H21N3O2. The average molecular weight is 335 g/mol. The fourth-order valence-electron chi connectivity index (χ4n) is 2.55. The quantitative estimate of drug-likeness (QED) is 0.734. The van der Waals surface area contributed by atoms with Gasteiger partial charge in [0.1, 0.15) is 0 Å². The molecule has 0 radical (unpaired) electrons. The first-order valence-corrected chi connectivity index (χ1v) is 8.43. The number of rotatable bonds is 6. The number of hydrogen-bond donors (Lipinski definition) is 1. The van der Waals surface area contributed by atoms with Crippen LogP contribution in [0.1, 0.15) is 30.4 Å². The van der Waals surface area contributed by atoms with Crippen LogP contribution in [-0.2, 0) is 17.6 Å². The summed E-state index contributed by atoms with van der Waals surface area (Å²) in [6.45, 7) is 4.09. The number of amides is 1. The zero-order valence-electron chi connectivity index (χ0n) is 14.5. The minimum atomic E-state index is -0.0593. The Morgan fingerprint density at radius 1 is 1.08 bits per heavy atom. The summed E-state index contributed by atoms with van der Waals surface area (Å²) in [5.74, 6) is 0.886. The molecule has 2 aromatic carbocycles. The van der Waals surface area contributed by atoms with Crippen LogP contribution in [0.25, 0.3) is 11.5 Å². The lowest BCUT2D eigenvalue weighted by atomic mass is 10.1. The van der Waals surface area contributed by atoms with Crippen molar-refractivity contribution < 1.29 is 9.21 Å². The lowest BCUT2D eigenvalue weighted by Gasteiger charge is -2.08. The van der Waals surface area contributed by atoms with Crippen LogP contribution in [0.4, 0.5) is 5.69 Å². The highest BCUT2D eigenvalue weighted by atomic mass is 16.4. The molecule has 0 unspecified atom stereocenters. The Morgan fingerprint density at radius 3 is 2.60 bits per heavy atom. The largest absolute Gasteiger partial charge is 0.421 e. The maximum Gasteiger partial charge on any atom is 0.247 e. The molecule has 25 heavy (non-hydrogen) atoms. The number of para-hydroxylation sites is 1. The lowest BCUT2D eigenvalue weighted by Crippen LogP contribution is -2.13. The number of aromatic nitrogens is 2. The molecule has 5 heteroatoms. The molecule has 3 rings (SSSR count). The van der Waals surface area contributed by atoms with E-state index < -0.39 is 0 Å². The van der Waals surface area contributed by atoms with Crippen molar-refractivity contribution in [3.63, 3.8) is 0 Å². The number of nitrogens with one attached hydrogen (secondary N) is 1. The minimum Gasteiger partial charge on any atom is -0.421 e. The van der Waals surface area contributed by atoms with Crippen LogP contribution in [0.2, 0.25) is 0 Å². The maximum absolute atomic E-state index is 12.2. The van der Waals surface area contributed by atoms with Crippen molar-refractivity contribution in [2.24, 2.45) is 0 Å². The number of nitrogens with zero attached hydrogens (tertiary/aromatic N) is 2. The summed E-state index contributed by atoms with van der Waals surface area (Å²) in [6.07, 6.45) is 1.59. The summed E-state index contributed by atoms with van der Waals surface area (Å²) in [6, 6.07) is 15.7. The third-order valence-electron chi connectivity index (χ3n) is 4.00. The van der Waals surface area contributed by atoms with Crippen LogP contribution in [0.5, 0.6) is 0 Å². The Kier molecular flexibility index (Phi) is 5.23. The smallest absolute Gasteiger partial charge is 0.247 e. The van der Waals surface area contributed by atoms with Crippen LogP contribution < -0.4 is 5.32 Å². The van der Waals surface area contributed by atoms with Crippen molar-refractivity contribution in [2.45, 2.75) is 33.1 Å². The number of hydrogen-bond acceptors (Lipinski definition) is 4. The monoisotopic (exact) mass is 335 g/mol. The van der Waals surface area contributed by atoms with Gasteiger partial charge in [0, 0.05) is 24.1 Å². The molecule has 128 valence electrons. The van der Waals surface area contributed by atoms with Gasteiger partial charge in [0.15, 0.2) is 0 Å². The SMILES string of the molecule is CCc1ccccc1NC(=O)CCc1nnc(-c2ccc(C)cc2)o1. The molecular weight excluding hydrogens is 314 g/mol. The summed E-state index contributed by atoms with van der Waals surface area (Å²) in [4.78, 5) is 12.2. The number of aryl methyl sites for hydroxylation is 3. The fraction of sp³-hybridized carbons (Fsp3) is 0.250. The van der Waals surface area contributed by atoms with Crippen LogP contribution in [-0.4, -0.2) is 16.1 Å². The van der Waals surface area contributed by atoms with E-state index in [0.29, 0.717) is 24.6 Å². The molecule has 1 heterocycles. The van der Waals surface area contributed by atoms with Crippen LogP contribution >= 0.6 is 0 Å².